The fourth-order valence-corrected chi connectivity index (χ4v) is 4.86. The molecule has 0 aromatic carbocycles. The van der Waals surface area contributed by atoms with E-state index in [1.807, 2.05) is 27.7 Å². The van der Waals surface area contributed by atoms with Gasteiger partial charge in [0.15, 0.2) is 10.8 Å². The minimum atomic E-state index is -1.75. The third kappa shape index (κ3) is 2.12. The summed E-state index contributed by atoms with van der Waals surface area (Å²) >= 11 is 0. The van der Waals surface area contributed by atoms with E-state index in [9.17, 15) is 15.8 Å². The first-order valence-corrected chi connectivity index (χ1v) is 9.12. The lowest BCUT2D eigenvalue weighted by atomic mass is 9.51. The fraction of sp³-hybridized carbons (Fsp3) is 0.789. The van der Waals surface area contributed by atoms with Crippen LogP contribution in [0.5, 0.6) is 0 Å². The molecule has 2 bridgehead atoms. The van der Waals surface area contributed by atoms with E-state index in [1.54, 1.807) is 0 Å². The van der Waals surface area contributed by atoms with Crippen LogP contribution in [-0.4, -0.2) is 17.8 Å². The highest BCUT2D eigenvalue weighted by atomic mass is 16.7. The first-order chi connectivity index (χ1) is 11.9. The van der Waals surface area contributed by atoms with Crippen molar-refractivity contribution in [2.75, 3.05) is 0 Å². The van der Waals surface area contributed by atoms with Crippen molar-refractivity contribution in [2.45, 2.75) is 71.7 Å². The Morgan fingerprint density at radius 2 is 1.68 bits per heavy atom. The van der Waals surface area contributed by atoms with E-state index in [-0.39, 0.29) is 11.8 Å². The summed E-state index contributed by atoms with van der Waals surface area (Å²) in [6.45, 7) is 7.86. The number of fused-ring (bicyclic) bond motifs is 2. The molecule has 2 rings (SSSR count). The molecule has 0 amide bonds. The lowest BCUT2D eigenvalue weighted by molar-refractivity contribution is -0.294. The van der Waals surface area contributed by atoms with E-state index >= 15 is 0 Å². The second-order valence-electron chi connectivity index (χ2n) is 7.02. The van der Waals surface area contributed by atoms with E-state index in [1.165, 1.54) is 0 Å². The van der Waals surface area contributed by atoms with Gasteiger partial charge in [-0.15, -0.1) is 0 Å². The van der Waals surface area contributed by atoms with Crippen LogP contribution in [0, 0.1) is 62.1 Å². The van der Waals surface area contributed by atoms with Gasteiger partial charge in [-0.05, 0) is 18.8 Å². The second-order valence-corrected chi connectivity index (χ2v) is 7.02. The molecular weight excluding hydrogens is 316 g/mol. The lowest BCUT2D eigenvalue weighted by Crippen LogP contribution is -2.64. The zero-order valence-electron chi connectivity index (χ0n) is 15.4. The summed E-state index contributed by atoms with van der Waals surface area (Å²) in [4.78, 5) is 0. The number of hydrogen-bond acceptors (Lipinski definition) is 6. The summed E-state index contributed by atoms with van der Waals surface area (Å²) in [6, 6.07) is 6.41. The van der Waals surface area contributed by atoms with Gasteiger partial charge >= 0.3 is 0 Å². The molecule has 2 aliphatic rings. The van der Waals surface area contributed by atoms with Crippen molar-refractivity contribution in [2.24, 2.45) is 22.7 Å². The second kappa shape index (κ2) is 6.66. The van der Waals surface area contributed by atoms with Crippen LogP contribution < -0.4 is 0 Å². The average Bonchev–Trinajstić information content (AvgIpc) is 2.81. The molecule has 25 heavy (non-hydrogen) atoms. The van der Waals surface area contributed by atoms with Gasteiger partial charge in [-0.2, -0.15) is 15.8 Å². The summed E-state index contributed by atoms with van der Waals surface area (Å²) in [6.07, 6.45) is 2.47. The van der Waals surface area contributed by atoms with Crippen LogP contribution in [0.3, 0.4) is 0 Å². The predicted octanol–water partition coefficient (Wildman–Crippen LogP) is 3.90. The maximum absolute atomic E-state index is 10.1. The summed E-state index contributed by atoms with van der Waals surface area (Å²) in [5, 5.41) is 38.7. The summed E-state index contributed by atoms with van der Waals surface area (Å²) in [5.74, 6) is -1.95. The highest BCUT2D eigenvalue weighted by Gasteiger charge is 2.79. The van der Waals surface area contributed by atoms with Crippen molar-refractivity contribution < 1.29 is 9.47 Å². The molecule has 0 aromatic heterocycles. The fourth-order valence-electron chi connectivity index (χ4n) is 4.86. The number of nitrogens with zero attached hydrogens (tertiary/aromatic N) is 3. The number of ether oxygens (including phenoxy) is 2. The molecule has 6 heteroatoms. The van der Waals surface area contributed by atoms with Gasteiger partial charge in [0.25, 0.3) is 0 Å². The molecule has 4 unspecified atom stereocenters. The van der Waals surface area contributed by atoms with Crippen molar-refractivity contribution in [1.29, 1.82) is 21.2 Å². The van der Waals surface area contributed by atoms with Gasteiger partial charge in [0.05, 0.1) is 30.2 Å². The van der Waals surface area contributed by atoms with Crippen molar-refractivity contribution in [3.05, 3.63) is 0 Å². The number of rotatable bonds is 6. The number of nitriles is 3. The number of hydrogen-bond donors (Lipinski definition) is 1. The molecule has 6 nitrogen and oxygen atoms in total. The standard InChI is InChI=1S/C19H26N4O2/c1-5-9-19-14(8-4)18(12-22,16(23)25-19)17(10-20,11-21)15(24-19)13(6-2)7-3/h13-15,23H,5-9H2,1-4H3. The average molecular weight is 342 g/mol. The molecule has 2 saturated heterocycles. The topological polar surface area (TPSA) is 114 Å². The molecule has 2 fully saturated rings. The highest BCUT2D eigenvalue weighted by Crippen LogP contribution is 2.65. The Labute approximate surface area is 149 Å². The molecule has 2 heterocycles. The van der Waals surface area contributed by atoms with Crippen molar-refractivity contribution in [3.8, 4) is 18.2 Å². The van der Waals surface area contributed by atoms with Gasteiger partial charge in [0.2, 0.25) is 11.7 Å². The molecule has 2 aliphatic heterocycles. The molecule has 0 saturated carbocycles. The Balaban J connectivity index is 2.82. The van der Waals surface area contributed by atoms with Crippen LogP contribution >= 0.6 is 0 Å². The van der Waals surface area contributed by atoms with Crippen LogP contribution in [0.4, 0.5) is 0 Å². The van der Waals surface area contributed by atoms with Gasteiger partial charge in [-0.25, -0.2) is 0 Å². The van der Waals surface area contributed by atoms with Gasteiger partial charge in [0.1, 0.15) is 0 Å². The predicted molar refractivity (Wildman–Crippen MR) is 90.9 cm³/mol. The molecule has 0 radical (unpaired) electrons. The molecule has 1 N–H and O–H groups in total. The van der Waals surface area contributed by atoms with Gasteiger partial charge in [-0.3, -0.25) is 5.41 Å². The van der Waals surface area contributed by atoms with E-state index in [4.69, 9.17) is 14.9 Å². The third-order valence-electron chi connectivity index (χ3n) is 6.07. The van der Waals surface area contributed by atoms with Crippen molar-refractivity contribution >= 4 is 5.90 Å². The molecular formula is C19H26N4O2. The SMILES string of the molecule is CCCC12OC(=N)C(C#N)(C1CC)C(C#N)(C#N)C(C(CC)CC)O2. The first kappa shape index (κ1) is 19.2. The van der Waals surface area contributed by atoms with E-state index in [2.05, 4.69) is 18.2 Å². The summed E-state index contributed by atoms with van der Waals surface area (Å²) < 4.78 is 12.3. The van der Waals surface area contributed by atoms with E-state index < -0.39 is 28.6 Å². The van der Waals surface area contributed by atoms with Crippen LogP contribution in [0.2, 0.25) is 0 Å². The molecule has 0 spiro atoms. The van der Waals surface area contributed by atoms with Crippen LogP contribution in [0.1, 0.15) is 59.8 Å². The van der Waals surface area contributed by atoms with E-state index in [0.717, 1.165) is 19.3 Å². The molecule has 134 valence electrons. The van der Waals surface area contributed by atoms with Crippen LogP contribution in [0.15, 0.2) is 0 Å². The molecule has 4 atom stereocenters. The van der Waals surface area contributed by atoms with Crippen LogP contribution in [-0.2, 0) is 9.47 Å². The molecule has 0 aliphatic carbocycles. The van der Waals surface area contributed by atoms with Gasteiger partial charge in [0, 0.05) is 6.42 Å². The lowest BCUT2D eigenvalue weighted by Gasteiger charge is -2.51. The zero-order valence-corrected chi connectivity index (χ0v) is 15.4. The third-order valence-corrected chi connectivity index (χ3v) is 6.07. The Kier molecular flexibility index (Phi) is 5.12. The Morgan fingerprint density at radius 1 is 1.08 bits per heavy atom. The minimum Gasteiger partial charge on any atom is -0.447 e. The maximum atomic E-state index is 10.1. The Bertz CT molecular complexity index is 652. The van der Waals surface area contributed by atoms with Gasteiger partial charge in [-0.1, -0.05) is 40.5 Å². The summed E-state index contributed by atoms with van der Waals surface area (Å²) in [7, 11) is 0. The largest absolute Gasteiger partial charge is 0.447 e. The maximum Gasteiger partial charge on any atom is 0.217 e. The zero-order chi connectivity index (χ0) is 18.9. The van der Waals surface area contributed by atoms with Crippen molar-refractivity contribution in [1.82, 2.24) is 0 Å². The summed E-state index contributed by atoms with van der Waals surface area (Å²) in [5.41, 5.74) is -3.34. The smallest absolute Gasteiger partial charge is 0.217 e. The Morgan fingerprint density at radius 3 is 2.08 bits per heavy atom. The monoisotopic (exact) mass is 342 g/mol. The van der Waals surface area contributed by atoms with Crippen LogP contribution in [0.25, 0.3) is 0 Å². The van der Waals surface area contributed by atoms with Crippen molar-refractivity contribution in [3.63, 3.8) is 0 Å². The van der Waals surface area contributed by atoms with Gasteiger partial charge < -0.3 is 9.47 Å². The molecule has 0 aromatic rings. The minimum absolute atomic E-state index is 0.0597. The van der Waals surface area contributed by atoms with E-state index in [0.29, 0.717) is 12.8 Å². The highest BCUT2D eigenvalue weighted by molar-refractivity contribution is 5.89. The first-order valence-electron chi connectivity index (χ1n) is 9.12. The number of nitrogens with one attached hydrogen (secondary N) is 1. The Hall–Kier alpha value is -2.10. The quantitative estimate of drug-likeness (QED) is 0.786. The normalized spacial score (nSPS) is 35.5.